The molecule has 0 saturated carbocycles. The molecule has 0 aromatic heterocycles. The molecule has 192 valence electrons. The molecule has 2 aromatic rings. The first-order chi connectivity index (χ1) is 17.4. The lowest BCUT2D eigenvalue weighted by Crippen LogP contribution is -2.46. The van der Waals surface area contributed by atoms with Crippen LogP contribution in [0, 0.1) is 0 Å². The lowest BCUT2D eigenvalue weighted by molar-refractivity contribution is 0.0748. The highest BCUT2D eigenvalue weighted by molar-refractivity contribution is 5.97. The van der Waals surface area contributed by atoms with Gasteiger partial charge in [-0.15, -0.1) is 0 Å². The van der Waals surface area contributed by atoms with Gasteiger partial charge < -0.3 is 19.9 Å². The first-order valence-corrected chi connectivity index (χ1v) is 13.4. The molecule has 2 aliphatic heterocycles. The fourth-order valence-corrected chi connectivity index (χ4v) is 5.23. The topological polar surface area (TPSA) is 61.9 Å². The van der Waals surface area contributed by atoms with Gasteiger partial charge in [0, 0.05) is 55.7 Å². The summed E-state index contributed by atoms with van der Waals surface area (Å²) in [5.74, 6) is 0.857. The molecule has 0 aliphatic carbocycles. The standard InChI is InChI=1S/C30H39N3O3/c1-5-19-33(8-4)29(35)24-13-14-25-26(21-30(36-27(25)20-24)15-17-31-18-16-30)22-9-11-23(12-10-22)28(34)32(6-2)7-3/h9-14,20-21,31H,5-8,15-19H2,1-4H3. The molecule has 1 spiro atoms. The fourth-order valence-electron chi connectivity index (χ4n) is 5.23. The summed E-state index contributed by atoms with van der Waals surface area (Å²) in [4.78, 5) is 29.7. The molecule has 2 heterocycles. The molecule has 2 aromatic carbocycles. The second-order valence-electron chi connectivity index (χ2n) is 9.63. The van der Waals surface area contributed by atoms with Gasteiger partial charge in [-0.25, -0.2) is 0 Å². The predicted octanol–water partition coefficient (Wildman–Crippen LogP) is 4.99. The zero-order valence-electron chi connectivity index (χ0n) is 22.1. The Labute approximate surface area is 215 Å². The number of rotatable bonds is 8. The van der Waals surface area contributed by atoms with Crippen LogP contribution in [-0.2, 0) is 0 Å². The number of piperidine rings is 1. The van der Waals surface area contributed by atoms with E-state index >= 15 is 0 Å². The largest absolute Gasteiger partial charge is 0.482 e. The van der Waals surface area contributed by atoms with E-state index in [0.717, 1.165) is 61.3 Å². The molecule has 6 nitrogen and oxygen atoms in total. The number of ether oxygens (including phenoxy) is 1. The van der Waals surface area contributed by atoms with Gasteiger partial charge in [0.15, 0.2) is 0 Å². The average Bonchev–Trinajstić information content (AvgIpc) is 2.91. The number of nitrogens with zero attached hydrogens (tertiary/aromatic N) is 2. The first-order valence-electron chi connectivity index (χ1n) is 13.4. The number of benzene rings is 2. The van der Waals surface area contributed by atoms with E-state index in [1.807, 2.05) is 73.0 Å². The number of amides is 2. The molecule has 0 unspecified atom stereocenters. The third-order valence-electron chi connectivity index (χ3n) is 7.35. The van der Waals surface area contributed by atoms with Gasteiger partial charge in [-0.2, -0.15) is 0 Å². The van der Waals surface area contributed by atoms with Crippen LogP contribution in [0.15, 0.2) is 48.5 Å². The summed E-state index contributed by atoms with van der Waals surface area (Å²) in [5.41, 5.74) is 4.09. The number of nitrogens with one attached hydrogen (secondary N) is 1. The molecule has 36 heavy (non-hydrogen) atoms. The Bertz CT molecular complexity index is 1110. The Morgan fingerprint density at radius 1 is 0.861 bits per heavy atom. The number of hydrogen-bond acceptors (Lipinski definition) is 4. The minimum atomic E-state index is -0.404. The highest BCUT2D eigenvalue weighted by Crippen LogP contribution is 2.43. The maximum absolute atomic E-state index is 13.2. The Hall–Kier alpha value is -3.12. The number of carbonyl (C=O) groups is 2. The van der Waals surface area contributed by atoms with Crippen molar-refractivity contribution in [2.45, 2.75) is 52.6 Å². The van der Waals surface area contributed by atoms with Crippen molar-refractivity contribution in [1.29, 1.82) is 0 Å². The molecule has 0 atom stereocenters. The monoisotopic (exact) mass is 489 g/mol. The van der Waals surface area contributed by atoms with E-state index in [1.165, 1.54) is 0 Å². The molecular weight excluding hydrogens is 450 g/mol. The van der Waals surface area contributed by atoms with Crippen LogP contribution in [0.3, 0.4) is 0 Å². The smallest absolute Gasteiger partial charge is 0.253 e. The van der Waals surface area contributed by atoms with E-state index in [1.54, 1.807) is 0 Å². The summed E-state index contributed by atoms with van der Waals surface area (Å²) in [6.45, 7) is 12.7. The van der Waals surface area contributed by atoms with E-state index in [4.69, 9.17) is 4.74 Å². The van der Waals surface area contributed by atoms with E-state index in [0.29, 0.717) is 30.8 Å². The predicted molar refractivity (Wildman–Crippen MR) is 145 cm³/mol. The normalized spacial score (nSPS) is 16.1. The Morgan fingerprint density at radius 2 is 1.47 bits per heavy atom. The van der Waals surface area contributed by atoms with Crippen LogP contribution >= 0.6 is 0 Å². The SMILES string of the molecule is CCCN(CC)C(=O)c1ccc2c(c1)OC1(C=C2c2ccc(C(=O)N(CC)CC)cc2)CCNCC1. The Morgan fingerprint density at radius 3 is 2.08 bits per heavy atom. The van der Waals surface area contributed by atoms with Gasteiger partial charge in [0.2, 0.25) is 0 Å². The van der Waals surface area contributed by atoms with Gasteiger partial charge in [-0.3, -0.25) is 9.59 Å². The van der Waals surface area contributed by atoms with Crippen molar-refractivity contribution in [3.05, 3.63) is 70.8 Å². The summed E-state index contributed by atoms with van der Waals surface area (Å²) in [5, 5.41) is 3.43. The fraction of sp³-hybridized carbons (Fsp3) is 0.467. The highest BCUT2D eigenvalue weighted by atomic mass is 16.5. The van der Waals surface area contributed by atoms with Crippen molar-refractivity contribution in [1.82, 2.24) is 15.1 Å². The van der Waals surface area contributed by atoms with Crippen molar-refractivity contribution >= 4 is 17.4 Å². The number of hydrogen-bond donors (Lipinski definition) is 1. The number of fused-ring (bicyclic) bond motifs is 1. The Kier molecular flexibility index (Phi) is 8.14. The zero-order chi connectivity index (χ0) is 25.7. The van der Waals surface area contributed by atoms with Crippen LogP contribution in [-0.4, -0.2) is 66.5 Å². The van der Waals surface area contributed by atoms with Crippen molar-refractivity contribution in [2.75, 3.05) is 39.3 Å². The van der Waals surface area contributed by atoms with Gasteiger partial charge in [0.1, 0.15) is 11.4 Å². The van der Waals surface area contributed by atoms with Crippen LogP contribution < -0.4 is 10.1 Å². The van der Waals surface area contributed by atoms with Gasteiger partial charge in [-0.1, -0.05) is 19.1 Å². The molecule has 4 rings (SSSR count). The maximum Gasteiger partial charge on any atom is 0.253 e. The molecule has 1 N–H and O–H groups in total. The average molecular weight is 490 g/mol. The first kappa shape index (κ1) is 26.0. The van der Waals surface area contributed by atoms with Crippen molar-refractivity contribution in [3.63, 3.8) is 0 Å². The summed E-state index contributed by atoms with van der Waals surface area (Å²) < 4.78 is 6.65. The third kappa shape index (κ3) is 5.19. The van der Waals surface area contributed by atoms with Crippen LogP contribution in [0.5, 0.6) is 5.75 Å². The lowest BCUT2D eigenvalue weighted by Gasteiger charge is -2.40. The number of carbonyl (C=O) groups excluding carboxylic acids is 2. The molecule has 2 aliphatic rings. The van der Waals surface area contributed by atoms with Crippen LogP contribution in [0.2, 0.25) is 0 Å². The van der Waals surface area contributed by atoms with Crippen LogP contribution in [0.25, 0.3) is 5.57 Å². The molecule has 2 amide bonds. The quantitative estimate of drug-likeness (QED) is 0.568. The highest BCUT2D eigenvalue weighted by Gasteiger charge is 2.37. The van der Waals surface area contributed by atoms with Crippen LogP contribution in [0.1, 0.15) is 78.8 Å². The summed E-state index contributed by atoms with van der Waals surface area (Å²) in [6, 6.07) is 13.8. The van der Waals surface area contributed by atoms with Gasteiger partial charge >= 0.3 is 0 Å². The van der Waals surface area contributed by atoms with E-state index in [-0.39, 0.29) is 11.8 Å². The lowest BCUT2D eigenvalue weighted by atomic mass is 9.83. The van der Waals surface area contributed by atoms with Gasteiger partial charge in [0.05, 0.1) is 0 Å². The summed E-state index contributed by atoms with van der Waals surface area (Å²) in [6.07, 6.45) is 4.91. The van der Waals surface area contributed by atoms with E-state index in [2.05, 4.69) is 18.3 Å². The second kappa shape index (κ2) is 11.3. The molecule has 1 saturated heterocycles. The van der Waals surface area contributed by atoms with Crippen molar-refractivity contribution in [2.24, 2.45) is 0 Å². The van der Waals surface area contributed by atoms with E-state index < -0.39 is 5.60 Å². The molecule has 6 heteroatoms. The van der Waals surface area contributed by atoms with E-state index in [9.17, 15) is 9.59 Å². The minimum absolute atomic E-state index is 0.0421. The third-order valence-corrected chi connectivity index (χ3v) is 7.35. The van der Waals surface area contributed by atoms with Gasteiger partial charge in [0.25, 0.3) is 11.8 Å². The van der Waals surface area contributed by atoms with Gasteiger partial charge in [-0.05, 0) is 87.8 Å². The molecule has 1 fully saturated rings. The minimum Gasteiger partial charge on any atom is -0.482 e. The second-order valence-corrected chi connectivity index (χ2v) is 9.63. The summed E-state index contributed by atoms with van der Waals surface area (Å²) in [7, 11) is 0. The molecule has 0 radical (unpaired) electrons. The summed E-state index contributed by atoms with van der Waals surface area (Å²) >= 11 is 0. The molecule has 0 bridgehead atoms. The maximum atomic E-state index is 13.2. The van der Waals surface area contributed by atoms with Crippen LogP contribution in [0.4, 0.5) is 0 Å². The zero-order valence-corrected chi connectivity index (χ0v) is 22.1. The molecular formula is C30H39N3O3. The van der Waals surface area contributed by atoms with Crippen molar-refractivity contribution in [3.8, 4) is 5.75 Å². The Balaban J connectivity index is 1.72. The van der Waals surface area contributed by atoms with Crippen molar-refractivity contribution < 1.29 is 14.3 Å².